The molecule has 2 aromatic rings. The number of fused-ring (bicyclic) bond motifs is 1. The van der Waals surface area contributed by atoms with Crippen molar-refractivity contribution in [3.63, 3.8) is 0 Å². The van der Waals surface area contributed by atoms with Gasteiger partial charge in [0, 0.05) is 23.8 Å². The van der Waals surface area contributed by atoms with E-state index in [0.29, 0.717) is 0 Å². The van der Waals surface area contributed by atoms with Crippen molar-refractivity contribution in [2.75, 3.05) is 11.4 Å². The first-order valence-corrected chi connectivity index (χ1v) is 7.37. The third-order valence-electron chi connectivity index (χ3n) is 3.96. The van der Waals surface area contributed by atoms with E-state index in [1.54, 1.807) is 0 Å². The maximum Gasteiger partial charge on any atom is 0.0606 e. The van der Waals surface area contributed by atoms with Gasteiger partial charge in [-0.05, 0) is 49.1 Å². The van der Waals surface area contributed by atoms with Crippen LogP contribution in [0.5, 0.6) is 0 Å². The van der Waals surface area contributed by atoms with Gasteiger partial charge in [-0.25, -0.2) is 0 Å². The topological polar surface area (TPSA) is 21.1 Å². The highest BCUT2D eigenvalue weighted by atomic mass is 79.9. The Hall–Kier alpha value is -1.29. The Morgan fingerprint density at radius 2 is 2.00 bits per heavy atom. The molecule has 4 heteroatoms. The number of hydrogen-bond donors (Lipinski definition) is 0. The molecule has 1 aliphatic heterocycles. The van der Waals surface area contributed by atoms with Crippen molar-refractivity contribution in [2.45, 2.75) is 26.8 Å². The van der Waals surface area contributed by atoms with Crippen LogP contribution >= 0.6 is 15.9 Å². The molecular weight excluding hydrogens is 302 g/mol. The summed E-state index contributed by atoms with van der Waals surface area (Å²) in [5, 5.41) is 4.36. The summed E-state index contributed by atoms with van der Waals surface area (Å²) >= 11 is 3.60. The zero-order valence-electron chi connectivity index (χ0n) is 11.6. The molecule has 1 aromatic heterocycles. The van der Waals surface area contributed by atoms with Crippen LogP contribution in [0.3, 0.4) is 0 Å². The van der Waals surface area contributed by atoms with E-state index < -0.39 is 0 Å². The molecule has 0 amide bonds. The highest BCUT2D eigenvalue weighted by molar-refractivity contribution is 9.10. The molecule has 0 spiro atoms. The fraction of sp³-hybridized carbons (Fsp3) is 0.400. The largest absolute Gasteiger partial charge is 0.365 e. The highest BCUT2D eigenvalue weighted by Crippen LogP contribution is 2.30. The second-order valence-electron chi connectivity index (χ2n) is 5.30. The monoisotopic (exact) mass is 319 g/mol. The number of hydrogen-bond acceptors (Lipinski definition) is 2. The molecule has 19 heavy (non-hydrogen) atoms. The Morgan fingerprint density at radius 3 is 2.79 bits per heavy atom. The van der Waals surface area contributed by atoms with Crippen LogP contribution < -0.4 is 4.90 Å². The third kappa shape index (κ3) is 2.18. The number of aromatic nitrogens is 2. The molecule has 100 valence electrons. The van der Waals surface area contributed by atoms with E-state index in [-0.39, 0.29) is 0 Å². The van der Waals surface area contributed by atoms with Crippen LogP contribution in [0.2, 0.25) is 0 Å². The van der Waals surface area contributed by atoms with Crippen molar-refractivity contribution in [3.05, 3.63) is 45.2 Å². The molecule has 0 saturated carbocycles. The summed E-state index contributed by atoms with van der Waals surface area (Å²) in [7, 11) is 2.03. The van der Waals surface area contributed by atoms with E-state index in [4.69, 9.17) is 0 Å². The van der Waals surface area contributed by atoms with Gasteiger partial charge in [0.2, 0.25) is 0 Å². The van der Waals surface area contributed by atoms with Gasteiger partial charge in [-0.3, -0.25) is 4.68 Å². The summed E-state index contributed by atoms with van der Waals surface area (Å²) in [6, 6.07) is 4.49. The first kappa shape index (κ1) is 12.7. The summed E-state index contributed by atoms with van der Waals surface area (Å²) in [5.74, 6) is 0. The summed E-state index contributed by atoms with van der Waals surface area (Å²) in [6.45, 7) is 6.35. The zero-order valence-corrected chi connectivity index (χ0v) is 13.2. The molecule has 1 aliphatic rings. The molecule has 0 radical (unpaired) electrons. The first-order chi connectivity index (χ1) is 9.06. The maximum atomic E-state index is 4.36. The Morgan fingerprint density at radius 1 is 1.21 bits per heavy atom. The van der Waals surface area contributed by atoms with Gasteiger partial charge >= 0.3 is 0 Å². The lowest BCUT2D eigenvalue weighted by Gasteiger charge is -2.31. The SMILES string of the molecule is Cc1cc(N2CCc3cnn(C)c3C2)c(C)cc1Br. The van der Waals surface area contributed by atoms with Crippen LogP contribution in [0.25, 0.3) is 0 Å². The minimum atomic E-state index is 0.952. The fourth-order valence-corrected chi connectivity index (χ4v) is 3.21. The second-order valence-corrected chi connectivity index (χ2v) is 6.15. The second kappa shape index (κ2) is 4.67. The number of halogens is 1. The molecule has 0 fully saturated rings. The van der Waals surface area contributed by atoms with E-state index in [1.165, 1.54) is 32.5 Å². The predicted molar refractivity (Wildman–Crippen MR) is 81.6 cm³/mol. The number of nitrogens with zero attached hydrogens (tertiary/aromatic N) is 3. The Kier molecular flexibility index (Phi) is 3.13. The van der Waals surface area contributed by atoms with Crippen molar-refractivity contribution in [1.29, 1.82) is 0 Å². The van der Waals surface area contributed by atoms with Crippen molar-refractivity contribution < 1.29 is 0 Å². The molecule has 0 atom stereocenters. The van der Waals surface area contributed by atoms with E-state index in [2.05, 4.69) is 51.9 Å². The first-order valence-electron chi connectivity index (χ1n) is 6.57. The van der Waals surface area contributed by atoms with E-state index in [0.717, 1.165) is 19.5 Å². The molecule has 0 N–H and O–H groups in total. The predicted octanol–water partition coefficient (Wildman–Crippen LogP) is 3.36. The van der Waals surface area contributed by atoms with Gasteiger partial charge in [0.15, 0.2) is 0 Å². The van der Waals surface area contributed by atoms with Gasteiger partial charge in [0.1, 0.15) is 0 Å². The van der Waals surface area contributed by atoms with Crippen LogP contribution in [0, 0.1) is 13.8 Å². The summed E-state index contributed by atoms with van der Waals surface area (Å²) < 4.78 is 3.19. The van der Waals surface area contributed by atoms with Crippen LogP contribution in [-0.4, -0.2) is 16.3 Å². The van der Waals surface area contributed by atoms with E-state index in [9.17, 15) is 0 Å². The van der Waals surface area contributed by atoms with Crippen LogP contribution in [-0.2, 0) is 20.0 Å². The van der Waals surface area contributed by atoms with Crippen molar-refractivity contribution in [3.8, 4) is 0 Å². The molecule has 3 rings (SSSR count). The number of benzene rings is 1. The van der Waals surface area contributed by atoms with Gasteiger partial charge in [0.25, 0.3) is 0 Å². The average molecular weight is 320 g/mol. The number of anilines is 1. The molecule has 2 heterocycles. The molecule has 0 aliphatic carbocycles. The van der Waals surface area contributed by atoms with Crippen molar-refractivity contribution >= 4 is 21.6 Å². The molecule has 0 saturated heterocycles. The normalized spacial score (nSPS) is 14.6. The number of aryl methyl sites for hydroxylation is 3. The summed E-state index contributed by atoms with van der Waals surface area (Å²) in [5.41, 5.74) is 6.68. The number of rotatable bonds is 1. The lowest BCUT2D eigenvalue weighted by atomic mass is 10.0. The third-order valence-corrected chi connectivity index (χ3v) is 4.81. The van der Waals surface area contributed by atoms with Crippen LogP contribution in [0.15, 0.2) is 22.8 Å². The van der Waals surface area contributed by atoms with Gasteiger partial charge < -0.3 is 4.90 Å². The lowest BCUT2D eigenvalue weighted by Crippen LogP contribution is -2.31. The molecule has 0 unspecified atom stereocenters. The van der Waals surface area contributed by atoms with E-state index in [1.807, 2.05) is 17.9 Å². The minimum Gasteiger partial charge on any atom is -0.365 e. The molecular formula is C15H18BrN3. The molecule has 3 nitrogen and oxygen atoms in total. The van der Waals surface area contributed by atoms with Crippen molar-refractivity contribution in [2.24, 2.45) is 7.05 Å². The van der Waals surface area contributed by atoms with Gasteiger partial charge in [-0.2, -0.15) is 5.10 Å². The van der Waals surface area contributed by atoms with Crippen LogP contribution in [0.4, 0.5) is 5.69 Å². The van der Waals surface area contributed by atoms with E-state index >= 15 is 0 Å². The highest BCUT2D eigenvalue weighted by Gasteiger charge is 2.21. The quantitative estimate of drug-likeness (QED) is 0.803. The van der Waals surface area contributed by atoms with Gasteiger partial charge in [-0.15, -0.1) is 0 Å². The smallest absolute Gasteiger partial charge is 0.0606 e. The van der Waals surface area contributed by atoms with Gasteiger partial charge in [-0.1, -0.05) is 15.9 Å². The minimum absolute atomic E-state index is 0.952. The standard InChI is InChI=1S/C15H18BrN3/c1-10-7-14(11(2)6-13(10)16)19-5-4-12-8-17-18(3)15(12)9-19/h6-8H,4-5,9H2,1-3H3. The molecule has 0 bridgehead atoms. The fourth-order valence-electron chi connectivity index (χ4n) is 2.75. The van der Waals surface area contributed by atoms with Crippen molar-refractivity contribution in [1.82, 2.24) is 9.78 Å². The Balaban J connectivity index is 1.97. The Bertz CT molecular complexity index is 631. The van der Waals surface area contributed by atoms with Crippen LogP contribution in [0.1, 0.15) is 22.4 Å². The average Bonchev–Trinajstić information content (AvgIpc) is 2.75. The van der Waals surface area contributed by atoms with Gasteiger partial charge in [0.05, 0.1) is 18.4 Å². The Labute approximate surface area is 122 Å². The lowest BCUT2D eigenvalue weighted by molar-refractivity contribution is 0.649. The summed E-state index contributed by atoms with van der Waals surface area (Å²) in [6.07, 6.45) is 3.09. The molecule has 1 aromatic carbocycles. The summed E-state index contributed by atoms with van der Waals surface area (Å²) in [4.78, 5) is 2.46. The zero-order chi connectivity index (χ0) is 13.6. The maximum absolute atomic E-state index is 4.36.